The third kappa shape index (κ3) is 7.09. The summed E-state index contributed by atoms with van der Waals surface area (Å²) in [5, 5.41) is 8.94. The molecule has 42 heavy (non-hydrogen) atoms. The summed E-state index contributed by atoms with van der Waals surface area (Å²) in [5.74, 6) is -3.19. The minimum atomic E-state index is -3.66. The van der Waals surface area contributed by atoms with Gasteiger partial charge in [0.15, 0.2) is 0 Å². The SMILES string of the molecule is CCCCC1CC(c2ccc(F)cc2)c2cc(SC)c(O/C=C(\F)C(=O)O)cc2S(O)(O)N1Cc1ccc(OC)cc1. The molecule has 3 aromatic rings. The number of hydrogen-bond acceptors (Lipinski definition) is 7. The summed E-state index contributed by atoms with van der Waals surface area (Å²) in [6.45, 7) is 2.30. The highest BCUT2D eigenvalue weighted by molar-refractivity contribution is 8.22. The molecule has 1 heterocycles. The third-order valence-corrected chi connectivity index (χ3v) is 10.1. The van der Waals surface area contributed by atoms with Gasteiger partial charge < -0.3 is 14.6 Å². The zero-order chi connectivity index (χ0) is 30.4. The highest BCUT2D eigenvalue weighted by Gasteiger charge is 2.41. The molecule has 0 aliphatic carbocycles. The van der Waals surface area contributed by atoms with E-state index in [0.717, 1.165) is 24.0 Å². The van der Waals surface area contributed by atoms with Crippen molar-refractivity contribution in [1.29, 1.82) is 0 Å². The minimum absolute atomic E-state index is 0.0897. The lowest BCUT2D eigenvalue weighted by atomic mass is 9.84. The largest absolute Gasteiger partial charge is 0.497 e. The lowest BCUT2D eigenvalue weighted by Gasteiger charge is -2.46. The Morgan fingerprint density at radius 2 is 1.83 bits per heavy atom. The van der Waals surface area contributed by atoms with Gasteiger partial charge in [0.2, 0.25) is 5.83 Å². The smallest absolute Gasteiger partial charge is 0.368 e. The Morgan fingerprint density at radius 1 is 1.14 bits per heavy atom. The van der Waals surface area contributed by atoms with Crippen LogP contribution >= 0.6 is 22.5 Å². The average molecular weight is 620 g/mol. The molecule has 1 aliphatic rings. The molecule has 2 unspecified atom stereocenters. The fourth-order valence-corrected chi connectivity index (χ4v) is 7.70. The summed E-state index contributed by atoms with van der Waals surface area (Å²) >= 11 is 1.29. The second-order valence-electron chi connectivity index (χ2n) is 10.0. The van der Waals surface area contributed by atoms with E-state index in [4.69, 9.17) is 14.6 Å². The van der Waals surface area contributed by atoms with E-state index in [0.29, 0.717) is 35.3 Å². The van der Waals surface area contributed by atoms with E-state index in [1.807, 2.05) is 24.3 Å². The molecule has 226 valence electrons. The predicted molar refractivity (Wildman–Crippen MR) is 162 cm³/mol. The van der Waals surface area contributed by atoms with Crippen molar-refractivity contribution in [2.24, 2.45) is 0 Å². The molecule has 7 nitrogen and oxygen atoms in total. The van der Waals surface area contributed by atoms with Gasteiger partial charge in [-0.3, -0.25) is 9.11 Å². The van der Waals surface area contributed by atoms with Gasteiger partial charge in [0.25, 0.3) is 0 Å². The number of halogens is 2. The number of fused-ring (bicyclic) bond motifs is 1. The van der Waals surface area contributed by atoms with Gasteiger partial charge in [0, 0.05) is 24.6 Å². The van der Waals surface area contributed by atoms with Crippen LogP contribution in [0.3, 0.4) is 0 Å². The molecule has 3 aromatic carbocycles. The number of carbonyl (C=O) groups is 1. The average Bonchev–Trinajstić information content (AvgIpc) is 3.07. The zero-order valence-corrected chi connectivity index (χ0v) is 25.3. The van der Waals surface area contributed by atoms with Crippen molar-refractivity contribution >= 4 is 28.5 Å². The molecule has 3 N–H and O–H groups in total. The first-order chi connectivity index (χ1) is 20.1. The Kier molecular flexibility index (Phi) is 10.6. The van der Waals surface area contributed by atoms with Crippen molar-refractivity contribution in [3.63, 3.8) is 0 Å². The maximum absolute atomic E-state index is 13.9. The van der Waals surface area contributed by atoms with Crippen molar-refractivity contribution in [2.45, 2.75) is 60.9 Å². The molecule has 0 spiro atoms. The first-order valence-electron chi connectivity index (χ1n) is 13.5. The number of hydrogen-bond donors (Lipinski definition) is 3. The summed E-state index contributed by atoms with van der Waals surface area (Å²) in [6, 6.07) is 16.6. The van der Waals surface area contributed by atoms with E-state index in [9.17, 15) is 22.7 Å². The monoisotopic (exact) mass is 619 g/mol. The number of carboxylic acids is 1. The van der Waals surface area contributed by atoms with Crippen LogP contribution in [0.2, 0.25) is 0 Å². The van der Waals surface area contributed by atoms with Gasteiger partial charge in [-0.1, -0.05) is 44.0 Å². The van der Waals surface area contributed by atoms with Gasteiger partial charge in [-0.2, -0.15) is 8.70 Å². The van der Waals surface area contributed by atoms with Crippen molar-refractivity contribution in [1.82, 2.24) is 4.31 Å². The molecule has 0 saturated heterocycles. The Labute approximate surface area is 250 Å². The Hall–Kier alpha value is -3.09. The van der Waals surface area contributed by atoms with E-state index in [-0.39, 0.29) is 35.0 Å². The predicted octanol–water partition coefficient (Wildman–Crippen LogP) is 8.45. The molecule has 0 aromatic heterocycles. The molecule has 0 radical (unpaired) electrons. The van der Waals surface area contributed by atoms with Crippen molar-refractivity contribution in [2.75, 3.05) is 13.4 Å². The van der Waals surface area contributed by atoms with Gasteiger partial charge in [-0.25, -0.2) is 9.18 Å². The highest BCUT2D eigenvalue weighted by Crippen LogP contribution is 2.61. The second kappa shape index (κ2) is 13.9. The Bertz CT molecular complexity index is 1420. The lowest BCUT2D eigenvalue weighted by molar-refractivity contribution is -0.134. The van der Waals surface area contributed by atoms with Gasteiger partial charge in [-0.15, -0.1) is 22.5 Å². The number of unbranched alkanes of at least 4 members (excludes halogenated alkanes) is 1. The summed E-state index contributed by atoms with van der Waals surface area (Å²) in [6.07, 6.45) is 5.27. The zero-order valence-electron chi connectivity index (χ0n) is 23.6. The molecule has 0 bridgehead atoms. The topological polar surface area (TPSA) is 99.5 Å². The number of carboxylic acid groups (broad SMARTS) is 1. The summed E-state index contributed by atoms with van der Waals surface area (Å²) in [4.78, 5) is 11.8. The van der Waals surface area contributed by atoms with Crippen molar-refractivity contribution in [3.8, 4) is 11.5 Å². The number of benzene rings is 3. The second-order valence-corrected chi connectivity index (χ2v) is 12.8. The van der Waals surface area contributed by atoms with Crippen LogP contribution in [0, 0.1) is 5.82 Å². The number of aliphatic carboxylic acids is 1. The fraction of sp³-hybridized carbons (Fsp3) is 0.323. The van der Waals surface area contributed by atoms with E-state index in [1.54, 1.807) is 35.9 Å². The Morgan fingerprint density at radius 3 is 2.43 bits per heavy atom. The van der Waals surface area contributed by atoms with Crippen LogP contribution in [-0.4, -0.2) is 43.9 Å². The normalized spacial score (nSPS) is 19.5. The van der Waals surface area contributed by atoms with Crippen LogP contribution in [0.25, 0.3) is 0 Å². The quantitative estimate of drug-likeness (QED) is 0.112. The Balaban J connectivity index is 1.91. The van der Waals surface area contributed by atoms with E-state index >= 15 is 0 Å². The molecule has 2 atom stereocenters. The van der Waals surface area contributed by atoms with Gasteiger partial charge in [-0.05, 0) is 66.1 Å². The molecular weight excluding hydrogens is 584 g/mol. The van der Waals surface area contributed by atoms with Crippen LogP contribution in [0.15, 0.2) is 82.5 Å². The van der Waals surface area contributed by atoms with Crippen molar-refractivity contribution < 1.29 is 37.3 Å². The maximum atomic E-state index is 13.9. The van der Waals surface area contributed by atoms with Crippen LogP contribution in [0.1, 0.15) is 55.2 Å². The first-order valence-corrected chi connectivity index (χ1v) is 16.2. The molecule has 4 rings (SSSR count). The highest BCUT2D eigenvalue weighted by atomic mass is 32.3. The number of thioether (sulfide) groups is 1. The van der Waals surface area contributed by atoms with Gasteiger partial charge >= 0.3 is 5.97 Å². The maximum Gasteiger partial charge on any atom is 0.368 e. The van der Waals surface area contributed by atoms with Crippen LogP contribution in [0.5, 0.6) is 11.5 Å². The van der Waals surface area contributed by atoms with E-state index < -0.39 is 22.6 Å². The summed E-state index contributed by atoms with van der Waals surface area (Å²) < 4.78 is 64.4. The van der Waals surface area contributed by atoms with Crippen molar-refractivity contribution in [3.05, 3.63) is 95.3 Å². The van der Waals surface area contributed by atoms with E-state index in [1.165, 1.54) is 30.0 Å². The minimum Gasteiger partial charge on any atom is -0.497 e. The summed E-state index contributed by atoms with van der Waals surface area (Å²) in [7, 11) is -2.08. The lowest BCUT2D eigenvalue weighted by Crippen LogP contribution is -2.36. The first kappa shape index (κ1) is 31.8. The van der Waals surface area contributed by atoms with Crippen LogP contribution < -0.4 is 9.47 Å². The van der Waals surface area contributed by atoms with Gasteiger partial charge in [0.05, 0.1) is 16.9 Å². The van der Waals surface area contributed by atoms with E-state index in [2.05, 4.69) is 6.92 Å². The molecule has 11 heteroatoms. The molecule has 1 aliphatic heterocycles. The van der Waals surface area contributed by atoms with Crippen LogP contribution in [0.4, 0.5) is 8.78 Å². The number of ether oxygens (including phenoxy) is 2. The molecule has 0 fully saturated rings. The van der Waals surface area contributed by atoms with Gasteiger partial charge in [0.1, 0.15) is 23.6 Å². The number of nitrogens with zero attached hydrogens (tertiary/aromatic N) is 1. The number of methoxy groups -OCH3 is 1. The molecule has 0 amide bonds. The third-order valence-electron chi connectivity index (χ3n) is 7.36. The van der Waals surface area contributed by atoms with Crippen LogP contribution in [-0.2, 0) is 11.3 Å². The summed E-state index contributed by atoms with van der Waals surface area (Å²) in [5.41, 5.74) is 2.31. The molecular formula is C31H35F2NO6S2. The fourth-order valence-electron chi connectivity index (χ4n) is 5.18. The molecule has 0 saturated carbocycles. The standard InChI is InChI=1S/C31H35F2NO6S2/c1-4-5-6-23-15-25(21-9-11-22(32)12-10-21)26-16-29(41-3)28(40-19-27(33)31(35)36)17-30(26)42(37,38)34(23)18-20-7-13-24(39-2)14-8-20/h7-14,16-17,19,23,25,37-38H,4-6,15,18H2,1-3H3,(H,35,36)/b27-19-. The number of rotatable bonds is 11.